The van der Waals surface area contributed by atoms with Gasteiger partial charge in [0.15, 0.2) is 0 Å². The number of urea groups is 1. The molecule has 3 amide bonds. The van der Waals surface area contributed by atoms with Crippen molar-refractivity contribution in [1.29, 1.82) is 0 Å². The topological polar surface area (TPSA) is 111 Å². The Labute approximate surface area is 117 Å². The first kappa shape index (κ1) is 16.2. The fourth-order valence-electron chi connectivity index (χ4n) is 1.77. The van der Waals surface area contributed by atoms with Gasteiger partial charge in [0.25, 0.3) is 0 Å². The number of hydrogen-bond donors (Lipinski definition) is 4. The van der Waals surface area contributed by atoms with Crippen molar-refractivity contribution >= 4 is 17.9 Å². The fraction of sp³-hybridized carbons (Fsp3) is 0.750. The lowest BCUT2D eigenvalue weighted by atomic mass is 10.00. The number of amides is 3. The number of carboxylic acids is 1. The van der Waals surface area contributed by atoms with Crippen LogP contribution in [-0.2, 0) is 9.59 Å². The number of rotatable bonds is 5. The van der Waals surface area contributed by atoms with Crippen molar-refractivity contribution in [3.05, 3.63) is 0 Å². The summed E-state index contributed by atoms with van der Waals surface area (Å²) in [5.74, 6) is -1.28. The molecule has 1 heterocycles. The minimum Gasteiger partial charge on any atom is -0.480 e. The molecule has 0 aromatic carbocycles. The third-order valence-electron chi connectivity index (χ3n) is 3.44. The van der Waals surface area contributed by atoms with Crippen LogP contribution in [-0.4, -0.2) is 66.2 Å². The highest BCUT2D eigenvalue weighted by atomic mass is 16.4. The van der Waals surface area contributed by atoms with E-state index in [0.717, 1.165) is 13.1 Å². The number of carboxylic acid groups (broad SMARTS) is 1. The maximum absolute atomic E-state index is 11.8. The zero-order valence-corrected chi connectivity index (χ0v) is 11.9. The van der Waals surface area contributed by atoms with Crippen molar-refractivity contribution in [3.8, 4) is 0 Å². The van der Waals surface area contributed by atoms with Crippen molar-refractivity contribution in [2.45, 2.75) is 25.8 Å². The molecule has 0 aromatic rings. The van der Waals surface area contributed by atoms with Crippen LogP contribution >= 0.6 is 0 Å². The van der Waals surface area contributed by atoms with E-state index in [9.17, 15) is 14.4 Å². The Balaban J connectivity index is 2.39. The summed E-state index contributed by atoms with van der Waals surface area (Å²) in [5, 5.41) is 16.9. The van der Waals surface area contributed by atoms with E-state index in [2.05, 4.69) is 16.0 Å². The fourth-order valence-corrected chi connectivity index (χ4v) is 1.77. The molecular weight excluding hydrogens is 264 g/mol. The minimum absolute atomic E-state index is 0.134. The Morgan fingerprint density at radius 3 is 2.40 bits per heavy atom. The van der Waals surface area contributed by atoms with Gasteiger partial charge < -0.3 is 26.0 Å². The van der Waals surface area contributed by atoms with Crippen molar-refractivity contribution in [2.24, 2.45) is 0 Å². The lowest BCUT2D eigenvalue weighted by molar-refractivity contribution is -0.143. The molecule has 1 atom stereocenters. The first-order valence-corrected chi connectivity index (χ1v) is 6.67. The highest BCUT2D eigenvalue weighted by Crippen LogP contribution is 2.08. The molecule has 0 saturated carbocycles. The summed E-state index contributed by atoms with van der Waals surface area (Å²) in [6.45, 7) is 5.67. The summed E-state index contributed by atoms with van der Waals surface area (Å²) < 4.78 is 0. The zero-order chi connectivity index (χ0) is 15.2. The van der Waals surface area contributed by atoms with Gasteiger partial charge in [0.1, 0.15) is 5.54 Å². The molecule has 20 heavy (non-hydrogen) atoms. The third kappa shape index (κ3) is 4.37. The Hall–Kier alpha value is -1.83. The molecule has 1 saturated heterocycles. The van der Waals surface area contributed by atoms with Gasteiger partial charge >= 0.3 is 12.0 Å². The maximum Gasteiger partial charge on any atom is 0.329 e. The van der Waals surface area contributed by atoms with Gasteiger partial charge in [0, 0.05) is 26.2 Å². The molecule has 1 fully saturated rings. The summed E-state index contributed by atoms with van der Waals surface area (Å²) in [7, 11) is 0. The molecular formula is C12H22N4O4. The number of hydrogen-bond acceptors (Lipinski definition) is 4. The van der Waals surface area contributed by atoms with E-state index in [4.69, 9.17) is 5.11 Å². The number of carbonyl (C=O) groups is 3. The average molecular weight is 286 g/mol. The van der Waals surface area contributed by atoms with Crippen molar-refractivity contribution in [1.82, 2.24) is 20.9 Å². The second-order valence-corrected chi connectivity index (χ2v) is 4.93. The second kappa shape index (κ2) is 7.09. The highest BCUT2D eigenvalue weighted by Gasteiger charge is 2.32. The summed E-state index contributed by atoms with van der Waals surface area (Å²) >= 11 is 0. The maximum atomic E-state index is 11.8. The number of aliphatic carboxylic acids is 1. The zero-order valence-electron chi connectivity index (χ0n) is 11.9. The van der Waals surface area contributed by atoms with Gasteiger partial charge in [-0.2, -0.15) is 0 Å². The first-order chi connectivity index (χ1) is 9.39. The largest absolute Gasteiger partial charge is 0.480 e. The smallest absolute Gasteiger partial charge is 0.329 e. The Kier molecular flexibility index (Phi) is 5.75. The molecule has 0 bridgehead atoms. The predicted octanol–water partition coefficient (Wildman–Crippen LogP) is -1.03. The standard InChI is InChI=1S/C12H22N4O4/c1-3-12(2,10(18)19)15-11(20)14-8-9(17)16-6-4-13-5-7-16/h13H,3-8H2,1-2H3,(H,18,19)(H2,14,15,20). The van der Waals surface area contributed by atoms with Crippen LogP contribution in [0.5, 0.6) is 0 Å². The van der Waals surface area contributed by atoms with Crippen LogP contribution in [0, 0.1) is 0 Å². The molecule has 1 unspecified atom stereocenters. The average Bonchev–Trinajstić information content (AvgIpc) is 2.45. The van der Waals surface area contributed by atoms with E-state index in [1.165, 1.54) is 6.92 Å². The molecule has 0 aliphatic carbocycles. The summed E-state index contributed by atoms with van der Waals surface area (Å²) in [4.78, 5) is 36.2. The van der Waals surface area contributed by atoms with E-state index >= 15 is 0 Å². The molecule has 1 aliphatic rings. The third-order valence-corrected chi connectivity index (χ3v) is 3.44. The number of carbonyl (C=O) groups excluding carboxylic acids is 2. The van der Waals surface area contributed by atoms with Crippen molar-refractivity contribution in [2.75, 3.05) is 32.7 Å². The molecule has 8 nitrogen and oxygen atoms in total. The summed E-state index contributed by atoms with van der Waals surface area (Å²) in [5.41, 5.74) is -1.33. The Morgan fingerprint density at radius 2 is 1.90 bits per heavy atom. The van der Waals surface area contributed by atoms with Crippen LogP contribution in [0.3, 0.4) is 0 Å². The van der Waals surface area contributed by atoms with E-state index in [-0.39, 0.29) is 18.9 Å². The van der Waals surface area contributed by atoms with Gasteiger partial charge in [-0.25, -0.2) is 9.59 Å². The minimum atomic E-state index is -1.33. The number of nitrogens with zero attached hydrogens (tertiary/aromatic N) is 1. The Morgan fingerprint density at radius 1 is 1.30 bits per heavy atom. The van der Waals surface area contributed by atoms with E-state index in [0.29, 0.717) is 13.1 Å². The van der Waals surface area contributed by atoms with Crippen LogP contribution in [0.15, 0.2) is 0 Å². The molecule has 0 spiro atoms. The van der Waals surface area contributed by atoms with Crippen LogP contribution in [0.4, 0.5) is 4.79 Å². The molecule has 0 aromatic heterocycles. The molecule has 1 aliphatic heterocycles. The number of nitrogens with one attached hydrogen (secondary N) is 3. The molecule has 0 radical (unpaired) electrons. The van der Waals surface area contributed by atoms with Crippen LogP contribution < -0.4 is 16.0 Å². The van der Waals surface area contributed by atoms with Crippen LogP contribution in [0.1, 0.15) is 20.3 Å². The van der Waals surface area contributed by atoms with Gasteiger partial charge in [0.2, 0.25) is 5.91 Å². The van der Waals surface area contributed by atoms with Gasteiger partial charge in [-0.1, -0.05) is 6.92 Å². The summed E-state index contributed by atoms with van der Waals surface area (Å²) in [6, 6.07) is -0.653. The van der Waals surface area contributed by atoms with E-state index in [1.54, 1.807) is 11.8 Å². The molecule has 8 heteroatoms. The van der Waals surface area contributed by atoms with Gasteiger partial charge in [-0.15, -0.1) is 0 Å². The predicted molar refractivity (Wildman–Crippen MR) is 72.3 cm³/mol. The first-order valence-electron chi connectivity index (χ1n) is 6.67. The lowest BCUT2D eigenvalue weighted by Crippen LogP contribution is -2.56. The second-order valence-electron chi connectivity index (χ2n) is 4.93. The molecule has 114 valence electrons. The normalized spacial score (nSPS) is 18.0. The SMILES string of the molecule is CCC(C)(NC(=O)NCC(=O)N1CCNCC1)C(=O)O. The van der Waals surface area contributed by atoms with Crippen molar-refractivity contribution in [3.63, 3.8) is 0 Å². The van der Waals surface area contributed by atoms with Gasteiger partial charge in [-0.3, -0.25) is 4.79 Å². The Bertz CT molecular complexity index is 382. The monoisotopic (exact) mass is 286 g/mol. The van der Waals surface area contributed by atoms with Crippen LogP contribution in [0.2, 0.25) is 0 Å². The van der Waals surface area contributed by atoms with E-state index in [1.807, 2.05) is 0 Å². The molecule has 1 rings (SSSR count). The van der Waals surface area contributed by atoms with Crippen LogP contribution in [0.25, 0.3) is 0 Å². The van der Waals surface area contributed by atoms with Crippen molar-refractivity contribution < 1.29 is 19.5 Å². The quantitative estimate of drug-likeness (QED) is 0.516. The van der Waals surface area contributed by atoms with E-state index < -0.39 is 17.5 Å². The molecule has 4 N–H and O–H groups in total. The lowest BCUT2D eigenvalue weighted by Gasteiger charge is -2.28. The van der Waals surface area contributed by atoms with Gasteiger partial charge in [0.05, 0.1) is 6.54 Å². The number of piperazine rings is 1. The van der Waals surface area contributed by atoms with Gasteiger partial charge in [-0.05, 0) is 13.3 Å². The highest BCUT2D eigenvalue weighted by molar-refractivity contribution is 5.88. The summed E-state index contributed by atoms with van der Waals surface area (Å²) in [6.07, 6.45) is 0.251.